The number of methoxy groups -OCH3 is 1. The molecule has 6 heteroatoms. The van der Waals surface area contributed by atoms with Crippen molar-refractivity contribution >= 4 is 5.97 Å². The maximum atomic E-state index is 10.6. The maximum Gasteiger partial charge on any atom is 0.341 e. The molecule has 0 amide bonds. The van der Waals surface area contributed by atoms with Gasteiger partial charge in [-0.3, -0.25) is 0 Å². The van der Waals surface area contributed by atoms with Crippen LogP contribution >= 0.6 is 0 Å². The van der Waals surface area contributed by atoms with Gasteiger partial charge in [0.1, 0.15) is 0 Å². The third kappa shape index (κ3) is 4.71. The summed E-state index contributed by atoms with van der Waals surface area (Å²) in [5, 5.41) is 21.0. The highest BCUT2D eigenvalue weighted by Gasteiger charge is 2.13. The first-order chi connectivity index (χ1) is 9.62. The molecule has 0 heterocycles. The molecule has 0 aromatic heterocycles. The van der Waals surface area contributed by atoms with Gasteiger partial charge in [0.15, 0.2) is 18.1 Å². The molecule has 0 radical (unpaired) electrons. The number of rotatable bonds is 9. The smallest absolute Gasteiger partial charge is 0.341 e. The second-order valence-corrected chi connectivity index (χ2v) is 4.30. The number of carboxylic acid groups (broad SMARTS) is 1. The third-order valence-corrected chi connectivity index (χ3v) is 2.91. The second kappa shape index (κ2) is 8.39. The van der Waals surface area contributed by atoms with Gasteiger partial charge < -0.3 is 25.0 Å². The number of aliphatic carboxylic acids is 1. The Hall–Kier alpha value is -1.79. The number of hydrogen-bond donors (Lipinski definition) is 3. The zero-order chi connectivity index (χ0) is 15.0. The van der Waals surface area contributed by atoms with Crippen LogP contribution in [0, 0.1) is 0 Å². The minimum atomic E-state index is -1.04. The van der Waals surface area contributed by atoms with Gasteiger partial charge in [-0.05, 0) is 12.5 Å². The van der Waals surface area contributed by atoms with Gasteiger partial charge in [-0.25, -0.2) is 4.79 Å². The summed E-state index contributed by atoms with van der Waals surface area (Å²) in [6, 6.07) is 5.35. The quantitative estimate of drug-likeness (QED) is 0.627. The van der Waals surface area contributed by atoms with Crippen molar-refractivity contribution in [1.82, 2.24) is 5.32 Å². The van der Waals surface area contributed by atoms with Crippen LogP contribution in [-0.4, -0.2) is 42.5 Å². The van der Waals surface area contributed by atoms with Gasteiger partial charge in [-0.2, -0.15) is 0 Å². The van der Waals surface area contributed by atoms with Gasteiger partial charge in [0, 0.05) is 18.2 Å². The zero-order valence-electron chi connectivity index (χ0n) is 11.8. The molecule has 3 N–H and O–H groups in total. The van der Waals surface area contributed by atoms with E-state index in [1.807, 2.05) is 19.1 Å². The summed E-state index contributed by atoms with van der Waals surface area (Å²) >= 11 is 0. The molecule has 1 aromatic carbocycles. The normalized spacial score (nSPS) is 11.9. The highest BCUT2D eigenvalue weighted by molar-refractivity contribution is 5.68. The number of ether oxygens (including phenoxy) is 2. The Balaban J connectivity index is 2.84. The topological polar surface area (TPSA) is 88.0 Å². The van der Waals surface area contributed by atoms with Crippen LogP contribution < -0.4 is 14.8 Å². The standard InChI is InChI=1S/C14H21NO5/c1-3-11(8-16)15-7-10-5-4-6-12(19-2)14(10)20-9-13(17)18/h4-6,11,15-16H,3,7-9H2,1-2H3,(H,17,18). The Morgan fingerprint density at radius 3 is 2.75 bits per heavy atom. The van der Waals surface area contributed by atoms with E-state index in [0.717, 1.165) is 12.0 Å². The molecule has 0 aliphatic rings. The van der Waals surface area contributed by atoms with Crippen molar-refractivity contribution < 1.29 is 24.5 Å². The Kier molecular flexibility index (Phi) is 6.83. The average molecular weight is 283 g/mol. The summed E-state index contributed by atoms with van der Waals surface area (Å²) in [6.07, 6.45) is 0.797. The van der Waals surface area contributed by atoms with Gasteiger partial charge in [-0.1, -0.05) is 19.1 Å². The molecule has 0 fully saturated rings. The van der Waals surface area contributed by atoms with Crippen molar-refractivity contribution in [2.75, 3.05) is 20.3 Å². The highest BCUT2D eigenvalue weighted by atomic mass is 16.5. The Morgan fingerprint density at radius 2 is 2.20 bits per heavy atom. The van der Waals surface area contributed by atoms with E-state index in [9.17, 15) is 4.79 Å². The monoisotopic (exact) mass is 283 g/mol. The number of nitrogens with one attached hydrogen (secondary N) is 1. The van der Waals surface area contributed by atoms with Crippen molar-refractivity contribution in [3.8, 4) is 11.5 Å². The van der Waals surface area contributed by atoms with Crippen molar-refractivity contribution in [1.29, 1.82) is 0 Å². The lowest BCUT2D eigenvalue weighted by molar-refractivity contribution is -0.139. The fourth-order valence-electron chi connectivity index (χ4n) is 1.75. The molecular formula is C14H21NO5. The van der Waals surface area contributed by atoms with E-state index in [-0.39, 0.29) is 12.6 Å². The number of hydrogen-bond acceptors (Lipinski definition) is 5. The van der Waals surface area contributed by atoms with Crippen LogP contribution in [0.15, 0.2) is 18.2 Å². The van der Waals surface area contributed by atoms with Crippen LogP contribution in [0.3, 0.4) is 0 Å². The Bertz CT molecular complexity index is 432. The second-order valence-electron chi connectivity index (χ2n) is 4.30. The van der Waals surface area contributed by atoms with Crippen LogP contribution in [0.25, 0.3) is 0 Å². The molecule has 6 nitrogen and oxygen atoms in total. The molecule has 0 spiro atoms. The molecule has 0 saturated carbocycles. The van der Waals surface area contributed by atoms with Crippen molar-refractivity contribution in [2.45, 2.75) is 25.9 Å². The van der Waals surface area contributed by atoms with Gasteiger partial charge in [0.05, 0.1) is 13.7 Å². The SMILES string of the molecule is CCC(CO)NCc1cccc(OC)c1OCC(=O)O. The van der Waals surface area contributed by atoms with E-state index in [2.05, 4.69) is 5.32 Å². The van der Waals surface area contributed by atoms with E-state index in [1.165, 1.54) is 7.11 Å². The fourth-order valence-corrected chi connectivity index (χ4v) is 1.75. The number of aliphatic hydroxyl groups is 1. The molecule has 1 aromatic rings. The predicted molar refractivity (Wildman–Crippen MR) is 74.1 cm³/mol. The number of aliphatic hydroxyl groups excluding tert-OH is 1. The minimum absolute atomic E-state index is 0.00600. The summed E-state index contributed by atoms with van der Waals surface area (Å²) in [6.45, 7) is 2.06. The molecule has 0 saturated heterocycles. The lowest BCUT2D eigenvalue weighted by atomic mass is 10.1. The van der Waals surface area contributed by atoms with E-state index in [1.54, 1.807) is 6.07 Å². The lowest BCUT2D eigenvalue weighted by Gasteiger charge is -2.17. The largest absolute Gasteiger partial charge is 0.493 e. The molecule has 0 bridgehead atoms. The molecule has 0 aliphatic carbocycles. The van der Waals surface area contributed by atoms with Gasteiger partial charge in [0.2, 0.25) is 0 Å². The van der Waals surface area contributed by atoms with Crippen molar-refractivity contribution in [3.63, 3.8) is 0 Å². The summed E-state index contributed by atoms with van der Waals surface area (Å²) in [5.41, 5.74) is 0.789. The van der Waals surface area contributed by atoms with Gasteiger partial charge in [-0.15, -0.1) is 0 Å². The van der Waals surface area contributed by atoms with Gasteiger partial charge >= 0.3 is 5.97 Å². The van der Waals surface area contributed by atoms with Gasteiger partial charge in [0.25, 0.3) is 0 Å². The Morgan fingerprint density at radius 1 is 1.45 bits per heavy atom. The summed E-state index contributed by atoms with van der Waals surface area (Å²) in [4.78, 5) is 10.6. The van der Waals surface area contributed by atoms with Crippen LogP contribution in [-0.2, 0) is 11.3 Å². The molecule has 0 aliphatic heterocycles. The van der Waals surface area contributed by atoms with Crippen molar-refractivity contribution in [3.05, 3.63) is 23.8 Å². The summed E-state index contributed by atoms with van der Waals surface area (Å²) < 4.78 is 10.5. The minimum Gasteiger partial charge on any atom is -0.493 e. The fraction of sp³-hybridized carbons (Fsp3) is 0.500. The zero-order valence-corrected chi connectivity index (χ0v) is 11.8. The van der Waals surface area contributed by atoms with Crippen LogP contribution in [0.1, 0.15) is 18.9 Å². The first-order valence-electron chi connectivity index (χ1n) is 6.47. The van der Waals surface area contributed by atoms with E-state index in [4.69, 9.17) is 19.7 Å². The molecule has 20 heavy (non-hydrogen) atoms. The molecule has 1 atom stereocenters. The van der Waals surface area contributed by atoms with E-state index in [0.29, 0.717) is 18.0 Å². The highest BCUT2D eigenvalue weighted by Crippen LogP contribution is 2.31. The number of benzene rings is 1. The number of carbonyl (C=O) groups is 1. The number of carboxylic acids is 1. The van der Waals surface area contributed by atoms with Crippen LogP contribution in [0.2, 0.25) is 0 Å². The average Bonchev–Trinajstić information content (AvgIpc) is 2.46. The lowest BCUT2D eigenvalue weighted by Crippen LogP contribution is -2.31. The number of para-hydroxylation sites is 1. The van der Waals surface area contributed by atoms with E-state index < -0.39 is 12.6 Å². The first kappa shape index (κ1) is 16.3. The molecule has 112 valence electrons. The maximum absolute atomic E-state index is 10.6. The summed E-state index contributed by atoms with van der Waals surface area (Å²) in [5.74, 6) is -0.142. The molecule has 1 unspecified atom stereocenters. The first-order valence-corrected chi connectivity index (χ1v) is 6.47. The molecular weight excluding hydrogens is 262 g/mol. The van der Waals surface area contributed by atoms with E-state index >= 15 is 0 Å². The summed E-state index contributed by atoms with van der Waals surface area (Å²) in [7, 11) is 1.50. The van der Waals surface area contributed by atoms with Crippen molar-refractivity contribution in [2.24, 2.45) is 0 Å². The molecule has 1 rings (SSSR count). The third-order valence-electron chi connectivity index (χ3n) is 2.91. The predicted octanol–water partition coefficient (Wildman–Crippen LogP) is 1.02. The van der Waals surface area contributed by atoms with Crippen LogP contribution in [0.5, 0.6) is 11.5 Å². The van der Waals surface area contributed by atoms with Crippen LogP contribution in [0.4, 0.5) is 0 Å². The Labute approximate surface area is 118 Å².